The van der Waals surface area contributed by atoms with Crippen molar-refractivity contribution < 1.29 is 4.79 Å². The Labute approximate surface area is 106 Å². The van der Waals surface area contributed by atoms with Crippen LogP contribution in [0.4, 0.5) is 0 Å². The molecule has 1 unspecified atom stereocenters. The summed E-state index contributed by atoms with van der Waals surface area (Å²) in [6.45, 7) is 9.23. The molecule has 2 N–H and O–H groups in total. The summed E-state index contributed by atoms with van der Waals surface area (Å²) in [6, 6.07) is 0. The van der Waals surface area contributed by atoms with Crippen molar-refractivity contribution in [3.63, 3.8) is 0 Å². The van der Waals surface area contributed by atoms with Crippen molar-refractivity contribution in [3.8, 4) is 0 Å². The minimum Gasteiger partial charge on any atom is -0.355 e. The number of rotatable bonds is 7. The third kappa shape index (κ3) is 3.70. The molecule has 17 heavy (non-hydrogen) atoms. The predicted octanol–water partition coefficient (Wildman–Crippen LogP) is 2.32. The van der Waals surface area contributed by atoms with E-state index in [-0.39, 0.29) is 11.3 Å². The molecule has 1 atom stereocenters. The van der Waals surface area contributed by atoms with Crippen LogP contribution in [0.15, 0.2) is 0 Å². The molecule has 0 radical (unpaired) electrons. The van der Waals surface area contributed by atoms with Crippen LogP contribution in [0.2, 0.25) is 0 Å². The van der Waals surface area contributed by atoms with Gasteiger partial charge in [-0.3, -0.25) is 4.79 Å². The van der Waals surface area contributed by atoms with Gasteiger partial charge in [0.15, 0.2) is 0 Å². The molecule has 0 aromatic carbocycles. The van der Waals surface area contributed by atoms with Crippen molar-refractivity contribution in [3.05, 3.63) is 0 Å². The molecule has 3 heteroatoms. The van der Waals surface area contributed by atoms with Gasteiger partial charge in [-0.2, -0.15) is 0 Å². The Kier molecular flexibility index (Phi) is 5.96. The third-order valence-corrected chi connectivity index (χ3v) is 4.16. The van der Waals surface area contributed by atoms with E-state index in [1.807, 2.05) is 0 Å². The van der Waals surface area contributed by atoms with Crippen LogP contribution in [-0.4, -0.2) is 25.5 Å². The molecule has 1 fully saturated rings. The molecule has 1 heterocycles. The highest BCUT2D eigenvalue weighted by Crippen LogP contribution is 2.31. The summed E-state index contributed by atoms with van der Waals surface area (Å²) in [6.07, 6.45) is 5.38. The summed E-state index contributed by atoms with van der Waals surface area (Å²) in [5.74, 6) is 0.906. The zero-order valence-electron chi connectivity index (χ0n) is 11.6. The molecular weight excluding hydrogens is 212 g/mol. The Morgan fingerprint density at radius 3 is 2.53 bits per heavy atom. The van der Waals surface area contributed by atoms with Crippen LogP contribution in [0.5, 0.6) is 0 Å². The van der Waals surface area contributed by atoms with Crippen LogP contribution in [-0.2, 0) is 4.79 Å². The average Bonchev–Trinajstić information content (AvgIpc) is 2.80. The third-order valence-electron chi connectivity index (χ3n) is 4.16. The number of carbonyl (C=O) groups excluding carboxylic acids is 1. The van der Waals surface area contributed by atoms with Crippen molar-refractivity contribution >= 4 is 5.91 Å². The first-order valence-electron chi connectivity index (χ1n) is 7.17. The average molecular weight is 240 g/mol. The van der Waals surface area contributed by atoms with E-state index >= 15 is 0 Å². The normalized spacial score (nSPS) is 24.2. The van der Waals surface area contributed by atoms with Gasteiger partial charge in [-0.05, 0) is 25.3 Å². The maximum atomic E-state index is 12.3. The van der Waals surface area contributed by atoms with Crippen molar-refractivity contribution in [1.29, 1.82) is 0 Å². The first-order valence-corrected chi connectivity index (χ1v) is 7.17. The van der Waals surface area contributed by atoms with Gasteiger partial charge in [-0.1, -0.05) is 40.0 Å². The number of hydrogen-bond donors (Lipinski definition) is 2. The summed E-state index contributed by atoms with van der Waals surface area (Å²) in [7, 11) is 0. The summed E-state index contributed by atoms with van der Waals surface area (Å²) in [5, 5.41) is 6.51. The zero-order valence-corrected chi connectivity index (χ0v) is 11.6. The zero-order chi connectivity index (χ0) is 12.7. The van der Waals surface area contributed by atoms with E-state index in [4.69, 9.17) is 0 Å². The number of carbonyl (C=O) groups is 1. The Hall–Kier alpha value is -0.570. The van der Waals surface area contributed by atoms with E-state index in [1.54, 1.807) is 0 Å². The summed E-state index contributed by atoms with van der Waals surface area (Å²) in [5.41, 5.74) is -0.124. The van der Waals surface area contributed by atoms with Crippen molar-refractivity contribution in [1.82, 2.24) is 10.6 Å². The quantitative estimate of drug-likeness (QED) is 0.717. The van der Waals surface area contributed by atoms with Crippen LogP contribution >= 0.6 is 0 Å². The molecule has 0 saturated carbocycles. The second-order valence-electron chi connectivity index (χ2n) is 5.35. The Morgan fingerprint density at radius 1 is 1.35 bits per heavy atom. The van der Waals surface area contributed by atoms with Crippen LogP contribution < -0.4 is 10.6 Å². The van der Waals surface area contributed by atoms with Gasteiger partial charge >= 0.3 is 0 Å². The fourth-order valence-corrected chi connectivity index (χ4v) is 2.74. The van der Waals surface area contributed by atoms with Gasteiger partial charge in [-0.25, -0.2) is 0 Å². The van der Waals surface area contributed by atoms with E-state index in [0.29, 0.717) is 5.92 Å². The SMILES string of the molecule is CCCC1(C(=O)NCC(CC)CC)CCNC1. The fourth-order valence-electron chi connectivity index (χ4n) is 2.74. The fraction of sp³-hybridized carbons (Fsp3) is 0.929. The molecule has 100 valence electrons. The highest BCUT2D eigenvalue weighted by Gasteiger charge is 2.39. The molecule has 0 aromatic heterocycles. The van der Waals surface area contributed by atoms with Gasteiger partial charge in [0, 0.05) is 13.1 Å². The topological polar surface area (TPSA) is 41.1 Å². The summed E-state index contributed by atoms with van der Waals surface area (Å²) in [4.78, 5) is 12.3. The van der Waals surface area contributed by atoms with Crippen LogP contribution in [0.25, 0.3) is 0 Å². The maximum absolute atomic E-state index is 12.3. The summed E-state index contributed by atoms with van der Waals surface area (Å²) >= 11 is 0. The lowest BCUT2D eigenvalue weighted by Crippen LogP contribution is -2.44. The van der Waals surface area contributed by atoms with E-state index < -0.39 is 0 Å². The van der Waals surface area contributed by atoms with Gasteiger partial charge in [-0.15, -0.1) is 0 Å². The van der Waals surface area contributed by atoms with E-state index in [9.17, 15) is 4.79 Å². The largest absolute Gasteiger partial charge is 0.355 e. The molecule has 0 aromatic rings. The monoisotopic (exact) mass is 240 g/mol. The molecule has 3 nitrogen and oxygen atoms in total. The van der Waals surface area contributed by atoms with E-state index in [0.717, 1.165) is 51.7 Å². The first kappa shape index (κ1) is 14.5. The second-order valence-corrected chi connectivity index (χ2v) is 5.35. The molecule has 0 aliphatic carbocycles. The molecule has 1 amide bonds. The molecule has 0 bridgehead atoms. The Balaban J connectivity index is 2.48. The highest BCUT2D eigenvalue weighted by molar-refractivity contribution is 5.83. The minimum absolute atomic E-state index is 0.124. The molecule has 1 aliphatic rings. The lowest BCUT2D eigenvalue weighted by Gasteiger charge is -2.27. The molecular formula is C14H28N2O. The Morgan fingerprint density at radius 2 is 2.06 bits per heavy atom. The van der Waals surface area contributed by atoms with E-state index in [1.165, 1.54) is 0 Å². The molecule has 1 aliphatic heterocycles. The van der Waals surface area contributed by atoms with Gasteiger partial charge in [0.05, 0.1) is 5.41 Å². The second kappa shape index (κ2) is 7.00. The van der Waals surface area contributed by atoms with Crippen molar-refractivity contribution in [2.75, 3.05) is 19.6 Å². The van der Waals surface area contributed by atoms with Gasteiger partial charge in [0.2, 0.25) is 5.91 Å². The first-order chi connectivity index (χ1) is 8.18. The van der Waals surface area contributed by atoms with Crippen LogP contribution in [0, 0.1) is 11.3 Å². The lowest BCUT2D eigenvalue weighted by molar-refractivity contribution is -0.130. The summed E-state index contributed by atoms with van der Waals surface area (Å²) < 4.78 is 0. The molecule has 1 saturated heterocycles. The minimum atomic E-state index is -0.124. The predicted molar refractivity (Wildman–Crippen MR) is 71.9 cm³/mol. The molecule has 0 spiro atoms. The van der Waals surface area contributed by atoms with Crippen LogP contribution in [0.3, 0.4) is 0 Å². The van der Waals surface area contributed by atoms with Crippen LogP contribution in [0.1, 0.15) is 52.9 Å². The molecule has 1 rings (SSSR count). The highest BCUT2D eigenvalue weighted by atomic mass is 16.2. The smallest absolute Gasteiger partial charge is 0.227 e. The van der Waals surface area contributed by atoms with Gasteiger partial charge in [0.1, 0.15) is 0 Å². The maximum Gasteiger partial charge on any atom is 0.227 e. The number of amides is 1. The number of nitrogens with one attached hydrogen (secondary N) is 2. The standard InChI is InChI=1S/C14H28N2O/c1-4-7-14(8-9-15-11-14)13(17)16-10-12(5-2)6-3/h12,15H,4-11H2,1-3H3,(H,16,17). The number of hydrogen-bond acceptors (Lipinski definition) is 2. The Bertz CT molecular complexity index is 230. The van der Waals surface area contributed by atoms with Gasteiger partial charge < -0.3 is 10.6 Å². The van der Waals surface area contributed by atoms with E-state index in [2.05, 4.69) is 31.4 Å². The van der Waals surface area contributed by atoms with Gasteiger partial charge in [0.25, 0.3) is 0 Å². The van der Waals surface area contributed by atoms with Crippen molar-refractivity contribution in [2.24, 2.45) is 11.3 Å². The lowest BCUT2D eigenvalue weighted by atomic mass is 9.81. The van der Waals surface area contributed by atoms with Crippen molar-refractivity contribution in [2.45, 2.75) is 52.9 Å².